The monoisotopic (exact) mass is 299 g/mol. The molecule has 0 N–H and O–H groups in total. The third kappa shape index (κ3) is 3.16. The molecule has 110 valence electrons. The van der Waals surface area contributed by atoms with Gasteiger partial charge >= 0.3 is 0 Å². The van der Waals surface area contributed by atoms with Gasteiger partial charge in [0.2, 0.25) is 4.96 Å². The highest BCUT2D eigenvalue weighted by molar-refractivity contribution is 7.16. The molecule has 0 fully saturated rings. The zero-order valence-corrected chi connectivity index (χ0v) is 13.5. The lowest BCUT2D eigenvalue weighted by Crippen LogP contribution is -1.87. The average molecular weight is 299 g/mol. The maximum absolute atomic E-state index is 4.71. The first-order valence-corrected chi connectivity index (χ1v) is 8.56. The Bertz CT molecular complexity index is 678. The Kier molecular flexibility index (Phi) is 4.34. The summed E-state index contributed by atoms with van der Waals surface area (Å²) >= 11 is 1.71. The van der Waals surface area contributed by atoms with Gasteiger partial charge in [0.1, 0.15) is 5.01 Å². The minimum Gasteiger partial charge on any atom is -0.217 e. The van der Waals surface area contributed by atoms with Crippen LogP contribution in [-0.2, 0) is 12.8 Å². The van der Waals surface area contributed by atoms with Gasteiger partial charge in [-0.1, -0.05) is 62.3 Å². The first kappa shape index (κ1) is 14.3. The summed E-state index contributed by atoms with van der Waals surface area (Å²) in [6, 6.07) is 8.64. The van der Waals surface area contributed by atoms with Crippen LogP contribution in [0.25, 0.3) is 16.2 Å². The lowest BCUT2D eigenvalue weighted by Gasteiger charge is -1.98. The quantitative estimate of drug-likeness (QED) is 0.615. The van der Waals surface area contributed by atoms with Crippen LogP contribution in [0.5, 0.6) is 0 Å². The van der Waals surface area contributed by atoms with E-state index < -0.39 is 0 Å². The fourth-order valence-corrected chi connectivity index (χ4v) is 3.34. The van der Waals surface area contributed by atoms with E-state index in [0.717, 1.165) is 29.1 Å². The van der Waals surface area contributed by atoms with Gasteiger partial charge in [-0.25, -0.2) is 9.50 Å². The maximum atomic E-state index is 4.71. The summed E-state index contributed by atoms with van der Waals surface area (Å²) in [4.78, 5) is 5.70. The number of aryl methyl sites for hydroxylation is 2. The van der Waals surface area contributed by atoms with Crippen LogP contribution >= 0.6 is 11.3 Å². The molecule has 0 spiro atoms. The van der Waals surface area contributed by atoms with E-state index in [0.29, 0.717) is 0 Å². The molecule has 0 atom stereocenters. The standard InChI is InChI=1S/C17H21N3S/c1-3-5-6-7-16-19-20-12-15(18-17(20)21-16)14-10-8-13(4-2)9-11-14/h8-12H,3-7H2,1-2H3. The number of benzene rings is 1. The predicted octanol–water partition coefficient (Wildman–Crippen LogP) is 4.75. The topological polar surface area (TPSA) is 30.2 Å². The van der Waals surface area contributed by atoms with Crippen molar-refractivity contribution in [1.82, 2.24) is 14.6 Å². The molecule has 3 nitrogen and oxygen atoms in total. The molecule has 3 rings (SSSR count). The second-order valence-corrected chi connectivity index (χ2v) is 6.40. The van der Waals surface area contributed by atoms with Gasteiger partial charge in [0.15, 0.2) is 0 Å². The van der Waals surface area contributed by atoms with E-state index in [1.807, 2.05) is 10.7 Å². The van der Waals surface area contributed by atoms with Crippen molar-refractivity contribution in [2.24, 2.45) is 0 Å². The van der Waals surface area contributed by atoms with Gasteiger partial charge in [0.25, 0.3) is 0 Å². The van der Waals surface area contributed by atoms with Gasteiger partial charge in [-0.15, -0.1) is 0 Å². The zero-order chi connectivity index (χ0) is 14.7. The summed E-state index contributed by atoms with van der Waals surface area (Å²) in [5.41, 5.74) is 3.53. The smallest absolute Gasteiger partial charge is 0.212 e. The van der Waals surface area contributed by atoms with E-state index >= 15 is 0 Å². The van der Waals surface area contributed by atoms with Gasteiger partial charge in [0, 0.05) is 12.0 Å². The van der Waals surface area contributed by atoms with Gasteiger partial charge in [-0.05, 0) is 18.4 Å². The SMILES string of the molecule is CCCCCc1nn2cc(-c3ccc(CC)cc3)nc2s1. The number of aromatic nitrogens is 3. The lowest BCUT2D eigenvalue weighted by molar-refractivity contribution is 0.706. The molecule has 0 unspecified atom stereocenters. The van der Waals surface area contributed by atoms with Gasteiger partial charge in [-0.2, -0.15) is 5.10 Å². The molecule has 0 amide bonds. The molecule has 4 heteroatoms. The highest BCUT2D eigenvalue weighted by Gasteiger charge is 2.09. The van der Waals surface area contributed by atoms with Crippen LogP contribution in [0.3, 0.4) is 0 Å². The molecule has 0 aliphatic heterocycles. The molecule has 3 aromatic rings. The van der Waals surface area contributed by atoms with E-state index in [1.165, 1.54) is 29.8 Å². The van der Waals surface area contributed by atoms with E-state index in [-0.39, 0.29) is 0 Å². The predicted molar refractivity (Wildman–Crippen MR) is 88.9 cm³/mol. The minimum atomic E-state index is 0.996. The van der Waals surface area contributed by atoms with Crippen LogP contribution < -0.4 is 0 Å². The molecule has 0 aliphatic rings. The number of unbranched alkanes of at least 4 members (excludes halogenated alkanes) is 2. The van der Waals surface area contributed by atoms with Crippen LogP contribution in [0.2, 0.25) is 0 Å². The van der Waals surface area contributed by atoms with E-state index in [4.69, 9.17) is 4.98 Å². The van der Waals surface area contributed by atoms with Crippen molar-refractivity contribution in [2.75, 3.05) is 0 Å². The fourth-order valence-electron chi connectivity index (χ4n) is 2.42. The summed E-state index contributed by atoms with van der Waals surface area (Å²) < 4.78 is 1.93. The zero-order valence-electron chi connectivity index (χ0n) is 12.7. The Morgan fingerprint density at radius 1 is 1.10 bits per heavy atom. The molecular weight excluding hydrogens is 278 g/mol. The third-order valence-corrected chi connectivity index (χ3v) is 4.72. The number of nitrogens with zero attached hydrogens (tertiary/aromatic N) is 3. The highest BCUT2D eigenvalue weighted by atomic mass is 32.1. The van der Waals surface area contributed by atoms with Crippen molar-refractivity contribution < 1.29 is 0 Å². The number of imidazole rings is 1. The second kappa shape index (κ2) is 6.39. The second-order valence-electron chi connectivity index (χ2n) is 5.36. The normalized spacial score (nSPS) is 11.3. The third-order valence-electron chi connectivity index (χ3n) is 3.74. The molecule has 0 saturated heterocycles. The lowest BCUT2D eigenvalue weighted by atomic mass is 10.1. The first-order chi connectivity index (χ1) is 10.3. The summed E-state index contributed by atoms with van der Waals surface area (Å²) in [6.07, 6.45) is 7.93. The number of hydrogen-bond donors (Lipinski definition) is 0. The Morgan fingerprint density at radius 3 is 2.57 bits per heavy atom. The van der Waals surface area contributed by atoms with Gasteiger partial charge in [-0.3, -0.25) is 0 Å². The maximum Gasteiger partial charge on any atom is 0.212 e. The molecule has 21 heavy (non-hydrogen) atoms. The van der Waals surface area contributed by atoms with Gasteiger partial charge in [0.05, 0.1) is 11.9 Å². The molecule has 2 aromatic heterocycles. The largest absolute Gasteiger partial charge is 0.217 e. The molecule has 1 aromatic carbocycles. The van der Waals surface area contributed by atoms with E-state index in [1.54, 1.807) is 11.3 Å². The van der Waals surface area contributed by atoms with Crippen molar-refractivity contribution in [3.05, 3.63) is 41.0 Å². The van der Waals surface area contributed by atoms with Crippen molar-refractivity contribution in [3.8, 4) is 11.3 Å². The van der Waals surface area contributed by atoms with Crippen LogP contribution in [-0.4, -0.2) is 14.6 Å². The van der Waals surface area contributed by atoms with E-state index in [9.17, 15) is 0 Å². The van der Waals surface area contributed by atoms with Crippen LogP contribution in [0, 0.1) is 0 Å². The van der Waals surface area contributed by atoms with Crippen molar-refractivity contribution in [1.29, 1.82) is 0 Å². The number of hydrogen-bond acceptors (Lipinski definition) is 3. The van der Waals surface area contributed by atoms with Crippen molar-refractivity contribution in [2.45, 2.75) is 46.0 Å². The molecule has 0 aliphatic carbocycles. The Hall–Kier alpha value is -1.68. The first-order valence-electron chi connectivity index (χ1n) is 7.74. The summed E-state index contributed by atoms with van der Waals surface area (Å²) in [5, 5.41) is 5.83. The van der Waals surface area contributed by atoms with E-state index in [2.05, 4.69) is 43.2 Å². The van der Waals surface area contributed by atoms with Crippen LogP contribution in [0.1, 0.15) is 43.7 Å². The molecule has 0 saturated carbocycles. The molecular formula is C17H21N3S. The average Bonchev–Trinajstić information content (AvgIpc) is 3.06. The molecule has 2 heterocycles. The molecule has 0 bridgehead atoms. The number of rotatable bonds is 6. The van der Waals surface area contributed by atoms with Crippen molar-refractivity contribution >= 4 is 16.3 Å². The van der Waals surface area contributed by atoms with Crippen LogP contribution in [0.4, 0.5) is 0 Å². The van der Waals surface area contributed by atoms with Gasteiger partial charge < -0.3 is 0 Å². The molecule has 0 radical (unpaired) electrons. The Morgan fingerprint density at radius 2 is 1.90 bits per heavy atom. The fraction of sp³-hybridized carbons (Fsp3) is 0.412. The van der Waals surface area contributed by atoms with Crippen molar-refractivity contribution in [3.63, 3.8) is 0 Å². The summed E-state index contributed by atoms with van der Waals surface area (Å²) in [6.45, 7) is 4.40. The Labute approximate surface area is 129 Å². The minimum absolute atomic E-state index is 0.996. The summed E-state index contributed by atoms with van der Waals surface area (Å²) in [5.74, 6) is 0. The number of fused-ring (bicyclic) bond motifs is 1. The summed E-state index contributed by atoms with van der Waals surface area (Å²) in [7, 11) is 0. The highest BCUT2D eigenvalue weighted by Crippen LogP contribution is 2.23. The van der Waals surface area contributed by atoms with Crippen LogP contribution in [0.15, 0.2) is 30.5 Å². The Balaban J connectivity index is 1.79.